The highest BCUT2D eigenvalue weighted by Crippen LogP contribution is 2.26. The first-order valence-electron chi connectivity index (χ1n) is 10.5. The van der Waals surface area contributed by atoms with Crippen LogP contribution >= 0.6 is 0 Å². The molecule has 0 fully saturated rings. The molecule has 0 amide bonds. The van der Waals surface area contributed by atoms with E-state index in [0.717, 1.165) is 55.7 Å². The fourth-order valence-electron chi connectivity index (χ4n) is 3.96. The number of fused-ring (bicyclic) bond motifs is 1. The van der Waals surface area contributed by atoms with E-state index in [2.05, 4.69) is 88.5 Å². The zero-order valence-electron chi connectivity index (χ0n) is 17.5. The number of benzene rings is 2. The lowest BCUT2D eigenvalue weighted by Gasteiger charge is -2.30. The summed E-state index contributed by atoms with van der Waals surface area (Å²) in [5.41, 5.74) is 5.11. The van der Waals surface area contributed by atoms with Crippen molar-refractivity contribution in [3.8, 4) is 0 Å². The highest BCUT2D eigenvalue weighted by Gasteiger charge is 2.18. The molecule has 1 aromatic heterocycles. The van der Waals surface area contributed by atoms with Crippen molar-refractivity contribution in [2.45, 2.75) is 33.7 Å². The van der Waals surface area contributed by atoms with Gasteiger partial charge in [0.2, 0.25) is 0 Å². The Kier molecular flexibility index (Phi) is 5.65. The summed E-state index contributed by atoms with van der Waals surface area (Å²) in [5.74, 6) is 2.60. The van der Waals surface area contributed by atoms with E-state index in [1.54, 1.807) is 0 Å². The molecule has 2 aromatic carbocycles. The number of rotatable bonds is 6. The van der Waals surface area contributed by atoms with Crippen LogP contribution < -0.4 is 15.1 Å². The highest BCUT2D eigenvalue weighted by molar-refractivity contribution is 5.63. The second-order valence-electron chi connectivity index (χ2n) is 7.44. The van der Waals surface area contributed by atoms with Gasteiger partial charge in [-0.3, -0.25) is 0 Å². The van der Waals surface area contributed by atoms with Gasteiger partial charge in [0.25, 0.3) is 0 Å². The van der Waals surface area contributed by atoms with Crippen molar-refractivity contribution in [3.05, 3.63) is 71.5 Å². The van der Waals surface area contributed by atoms with E-state index in [1.165, 1.54) is 16.8 Å². The van der Waals surface area contributed by atoms with E-state index in [4.69, 9.17) is 4.98 Å². The van der Waals surface area contributed by atoms with Gasteiger partial charge in [-0.1, -0.05) is 24.3 Å². The summed E-state index contributed by atoms with van der Waals surface area (Å²) < 4.78 is 0. The average Bonchev–Trinajstić information content (AvgIpc) is 2.75. The van der Waals surface area contributed by atoms with Crippen molar-refractivity contribution in [1.82, 2.24) is 9.97 Å². The van der Waals surface area contributed by atoms with Gasteiger partial charge >= 0.3 is 0 Å². The summed E-state index contributed by atoms with van der Waals surface area (Å²) in [7, 11) is 0. The molecule has 0 aliphatic carbocycles. The standard InChI is InChI=1S/C24H29N5/c1-4-28(5-2)22-12-10-21(11-13-22)27-23-16-24(26-18(3)25-23)29-15-14-19-8-6-7-9-20(19)17-29/h6-13,16H,4-5,14-15,17H2,1-3H3,(H,25,26,27). The van der Waals surface area contributed by atoms with Crippen LogP contribution in [-0.4, -0.2) is 29.6 Å². The minimum absolute atomic E-state index is 0.781. The molecule has 1 aliphatic rings. The Hall–Kier alpha value is -3.08. The quantitative estimate of drug-likeness (QED) is 0.649. The number of anilines is 4. The maximum Gasteiger partial charge on any atom is 0.136 e. The van der Waals surface area contributed by atoms with Gasteiger partial charge < -0.3 is 15.1 Å². The van der Waals surface area contributed by atoms with Crippen LogP contribution in [0.25, 0.3) is 0 Å². The van der Waals surface area contributed by atoms with Gasteiger partial charge in [-0.2, -0.15) is 0 Å². The topological polar surface area (TPSA) is 44.3 Å². The Labute approximate surface area is 173 Å². The molecule has 3 aromatic rings. The third kappa shape index (κ3) is 4.34. The lowest BCUT2D eigenvalue weighted by molar-refractivity contribution is 0.717. The number of hydrogen-bond donors (Lipinski definition) is 1. The summed E-state index contributed by atoms with van der Waals surface area (Å²) in [5, 5.41) is 3.45. The summed E-state index contributed by atoms with van der Waals surface area (Å²) in [6.45, 7) is 10.2. The minimum Gasteiger partial charge on any atom is -0.372 e. The summed E-state index contributed by atoms with van der Waals surface area (Å²) in [6.07, 6.45) is 1.05. The summed E-state index contributed by atoms with van der Waals surface area (Å²) >= 11 is 0. The SMILES string of the molecule is CCN(CC)c1ccc(Nc2cc(N3CCc4ccccc4C3)nc(C)n2)cc1. The third-order valence-electron chi connectivity index (χ3n) is 5.55. The predicted molar refractivity (Wildman–Crippen MR) is 121 cm³/mol. The number of nitrogens with one attached hydrogen (secondary N) is 1. The van der Waals surface area contributed by atoms with Crippen LogP contribution in [0.2, 0.25) is 0 Å². The molecule has 5 heteroatoms. The van der Waals surface area contributed by atoms with Crippen LogP contribution in [0.15, 0.2) is 54.6 Å². The minimum atomic E-state index is 0.781. The predicted octanol–water partition coefficient (Wildman–Crippen LogP) is 4.94. The molecule has 150 valence electrons. The van der Waals surface area contributed by atoms with Gasteiger partial charge in [0.15, 0.2) is 0 Å². The Morgan fingerprint density at radius 1 is 0.966 bits per heavy atom. The summed E-state index contributed by atoms with van der Waals surface area (Å²) in [6, 6.07) is 19.3. The Balaban J connectivity index is 1.52. The zero-order valence-corrected chi connectivity index (χ0v) is 17.5. The maximum absolute atomic E-state index is 4.70. The molecule has 0 unspecified atom stereocenters. The summed E-state index contributed by atoms with van der Waals surface area (Å²) in [4.78, 5) is 14.0. The Morgan fingerprint density at radius 3 is 2.41 bits per heavy atom. The molecule has 4 rings (SSSR count). The molecule has 0 spiro atoms. The van der Waals surface area contributed by atoms with Crippen molar-refractivity contribution in [1.29, 1.82) is 0 Å². The van der Waals surface area contributed by atoms with E-state index in [9.17, 15) is 0 Å². The van der Waals surface area contributed by atoms with E-state index in [0.29, 0.717) is 0 Å². The van der Waals surface area contributed by atoms with E-state index >= 15 is 0 Å². The molecule has 0 saturated carbocycles. The fraction of sp³-hybridized carbons (Fsp3) is 0.333. The normalized spacial score (nSPS) is 13.1. The zero-order chi connectivity index (χ0) is 20.2. The molecule has 0 saturated heterocycles. The van der Waals surface area contributed by atoms with Crippen LogP contribution in [0.5, 0.6) is 0 Å². The fourth-order valence-corrected chi connectivity index (χ4v) is 3.96. The molecular formula is C24H29N5. The first-order valence-corrected chi connectivity index (χ1v) is 10.5. The van der Waals surface area contributed by atoms with E-state index in [1.807, 2.05) is 6.92 Å². The van der Waals surface area contributed by atoms with Crippen LogP contribution in [0, 0.1) is 6.92 Å². The van der Waals surface area contributed by atoms with Gasteiger partial charge in [0.1, 0.15) is 17.5 Å². The van der Waals surface area contributed by atoms with Crippen molar-refractivity contribution >= 4 is 23.0 Å². The van der Waals surface area contributed by atoms with Crippen molar-refractivity contribution in [2.75, 3.05) is 34.8 Å². The van der Waals surface area contributed by atoms with E-state index in [-0.39, 0.29) is 0 Å². The number of aromatic nitrogens is 2. The van der Waals surface area contributed by atoms with Crippen LogP contribution in [0.1, 0.15) is 30.8 Å². The highest BCUT2D eigenvalue weighted by atomic mass is 15.2. The van der Waals surface area contributed by atoms with Crippen LogP contribution in [0.3, 0.4) is 0 Å². The second-order valence-corrected chi connectivity index (χ2v) is 7.44. The number of hydrogen-bond acceptors (Lipinski definition) is 5. The lowest BCUT2D eigenvalue weighted by Crippen LogP contribution is -2.31. The Morgan fingerprint density at radius 2 is 1.69 bits per heavy atom. The number of aryl methyl sites for hydroxylation is 1. The van der Waals surface area contributed by atoms with Gasteiger partial charge in [0.05, 0.1) is 0 Å². The maximum atomic E-state index is 4.70. The van der Waals surface area contributed by atoms with Crippen LogP contribution in [0.4, 0.5) is 23.0 Å². The van der Waals surface area contributed by atoms with Gasteiger partial charge in [0, 0.05) is 43.6 Å². The number of nitrogens with zero attached hydrogens (tertiary/aromatic N) is 4. The monoisotopic (exact) mass is 387 g/mol. The molecule has 5 nitrogen and oxygen atoms in total. The van der Waals surface area contributed by atoms with Crippen molar-refractivity contribution in [2.24, 2.45) is 0 Å². The molecule has 2 heterocycles. The van der Waals surface area contributed by atoms with Gasteiger partial charge in [-0.15, -0.1) is 0 Å². The van der Waals surface area contributed by atoms with Crippen molar-refractivity contribution < 1.29 is 0 Å². The van der Waals surface area contributed by atoms with Crippen LogP contribution in [-0.2, 0) is 13.0 Å². The largest absolute Gasteiger partial charge is 0.372 e. The molecule has 29 heavy (non-hydrogen) atoms. The van der Waals surface area contributed by atoms with Crippen molar-refractivity contribution in [3.63, 3.8) is 0 Å². The van der Waals surface area contributed by atoms with E-state index < -0.39 is 0 Å². The molecule has 1 aliphatic heterocycles. The second kappa shape index (κ2) is 8.52. The smallest absolute Gasteiger partial charge is 0.136 e. The third-order valence-corrected chi connectivity index (χ3v) is 5.55. The molecule has 0 atom stereocenters. The molecule has 1 N–H and O–H groups in total. The molecule has 0 bridgehead atoms. The van der Waals surface area contributed by atoms with Gasteiger partial charge in [-0.05, 0) is 62.6 Å². The molecular weight excluding hydrogens is 358 g/mol. The molecule has 0 radical (unpaired) electrons. The first kappa shape index (κ1) is 19.2. The first-order chi connectivity index (χ1) is 14.2. The lowest BCUT2D eigenvalue weighted by atomic mass is 10.00. The Bertz CT molecular complexity index is 963. The van der Waals surface area contributed by atoms with Gasteiger partial charge in [-0.25, -0.2) is 9.97 Å². The average molecular weight is 388 g/mol.